The van der Waals surface area contributed by atoms with Gasteiger partial charge in [0.15, 0.2) is 0 Å². The van der Waals surface area contributed by atoms with Gasteiger partial charge in [0.1, 0.15) is 30.6 Å². The van der Waals surface area contributed by atoms with E-state index < -0.39 is 33.9 Å². The number of carboxylic acid groups (broad SMARTS) is 1. The van der Waals surface area contributed by atoms with Crippen LogP contribution in [0.5, 0.6) is 5.75 Å². The largest absolute Gasteiger partial charge is 0.491 e. The summed E-state index contributed by atoms with van der Waals surface area (Å²) in [5, 5.41) is 10.3. The molecule has 1 aliphatic rings. The Morgan fingerprint density at radius 2 is 1.97 bits per heavy atom. The van der Waals surface area contributed by atoms with Gasteiger partial charge in [0, 0.05) is 34.7 Å². The van der Waals surface area contributed by atoms with E-state index in [-0.39, 0.29) is 31.6 Å². The van der Waals surface area contributed by atoms with Crippen molar-refractivity contribution in [3.8, 4) is 5.75 Å². The highest BCUT2D eigenvalue weighted by Crippen LogP contribution is 2.44. The fourth-order valence-electron chi connectivity index (χ4n) is 5.02. The van der Waals surface area contributed by atoms with Crippen molar-refractivity contribution in [1.82, 2.24) is 9.88 Å². The van der Waals surface area contributed by atoms with Crippen molar-refractivity contribution in [2.75, 3.05) is 26.0 Å². The molecule has 0 bridgehead atoms. The molecule has 37 heavy (non-hydrogen) atoms. The third-order valence-corrected chi connectivity index (χ3v) is 7.40. The monoisotopic (exact) mass is 536 g/mol. The molecular formula is C26H30F2N2O6S. The number of aromatic nitrogens is 1. The Balaban J connectivity index is 1.82. The number of rotatable bonds is 9. The first kappa shape index (κ1) is 27.0. The van der Waals surface area contributed by atoms with Crippen LogP contribution < -0.4 is 4.74 Å². The second-order valence-corrected chi connectivity index (χ2v) is 11.2. The maximum absolute atomic E-state index is 15.6. The Morgan fingerprint density at radius 3 is 2.65 bits per heavy atom. The average Bonchev–Trinajstić information content (AvgIpc) is 3.16. The molecule has 1 aliphatic heterocycles. The second-order valence-electron chi connectivity index (χ2n) is 9.56. The van der Waals surface area contributed by atoms with Crippen molar-refractivity contribution >= 4 is 27.0 Å². The number of H-pyrrole nitrogens is 1. The number of nitrogens with one attached hydrogen (secondary N) is 1. The summed E-state index contributed by atoms with van der Waals surface area (Å²) in [6.45, 7) is 5.13. The summed E-state index contributed by atoms with van der Waals surface area (Å²) in [4.78, 5) is 17.0. The summed E-state index contributed by atoms with van der Waals surface area (Å²) in [5.41, 5.74) is 3.04. The third-order valence-electron chi connectivity index (χ3n) is 6.80. The highest BCUT2D eigenvalue weighted by atomic mass is 32.2. The summed E-state index contributed by atoms with van der Waals surface area (Å²) in [7, 11) is -3.63. The van der Waals surface area contributed by atoms with Crippen LogP contribution >= 0.6 is 0 Å². The van der Waals surface area contributed by atoms with Gasteiger partial charge in [-0.25, -0.2) is 8.78 Å². The van der Waals surface area contributed by atoms with Crippen molar-refractivity contribution in [1.29, 1.82) is 0 Å². The Bertz CT molecular complexity index is 1440. The van der Waals surface area contributed by atoms with Gasteiger partial charge in [-0.1, -0.05) is 6.92 Å². The molecule has 3 atom stereocenters. The highest BCUT2D eigenvalue weighted by molar-refractivity contribution is 7.85. The van der Waals surface area contributed by atoms with E-state index in [0.29, 0.717) is 39.9 Å². The van der Waals surface area contributed by atoms with Crippen molar-refractivity contribution in [3.63, 3.8) is 0 Å². The number of nitrogens with zero attached hydrogens (tertiary/aromatic N) is 1. The molecule has 1 aromatic heterocycles. The first-order valence-corrected chi connectivity index (χ1v) is 13.7. The predicted molar refractivity (Wildman–Crippen MR) is 134 cm³/mol. The molecule has 0 radical (unpaired) electrons. The average molecular weight is 537 g/mol. The number of halogens is 2. The molecule has 0 unspecified atom stereocenters. The zero-order valence-electron chi connectivity index (χ0n) is 21.0. The molecule has 4 rings (SSSR count). The van der Waals surface area contributed by atoms with Gasteiger partial charge in [0.25, 0.3) is 10.1 Å². The number of hydrogen-bond donors (Lipinski definition) is 2. The van der Waals surface area contributed by atoms with E-state index in [0.717, 1.165) is 11.8 Å². The highest BCUT2D eigenvalue weighted by Gasteiger charge is 2.39. The van der Waals surface area contributed by atoms with Crippen molar-refractivity contribution < 1.29 is 36.0 Å². The van der Waals surface area contributed by atoms with E-state index in [1.807, 2.05) is 11.8 Å². The summed E-state index contributed by atoms with van der Waals surface area (Å²) in [5.74, 6) is -2.21. The van der Waals surface area contributed by atoms with E-state index in [9.17, 15) is 22.7 Å². The number of aliphatic carboxylic acids is 1. The minimum atomic E-state index is -3.63. The maximum Gasteiger partial charge on any atom is 0.307 e. The molecule has 0 saturated carbocycles. The van der Waals surface area contributed by atoms with Crippen LogP contribution in [0.15, 0.2) is 30.3 Å². The van der Waals surface area contributed by atoms with E-state index in [2.05, 4.69) is 4.98 Å². The first-order chi connectivity index (χ1) is 17.4. The topological polar surface area (TPSA) is 109 Å². The van der Waals surface area contributed by atoms with Gasteiger partial charge >= 0.3 is 5.97 Å². The molecule has 11 heteroatoms. The normalized spacial score (nSPS) is 19.1. The molecule has 2 N–H and O–H groups in total. The molecule has 2 heterocycles. The summed E-state index contributed by atoms with van der Waals surface area (Å²) in [6.07, 6.45) is 1.47. The molecular weight excluding hydrogens is 506 g/mol. The smallest absolute Gasteiger partial charge is 0.307 e. The van der Waals surface area contributed by atoms with Gasteiger partial charge in [0.2, 0.25) is 0 Å². The van der Waals surface area contributed by atoms with Crippen molar-refractivity contribution in [2.45, 2.75) is 39.3 Å². The quantitative estimate of drug-likeness (QED) is 0.312. The Morgan fingerprint density at radius 1 is 1.24 bits per heavy atom. The van der Waals surface area contributed by atoms with Crippen LogP contribution in [-0.4, -0.2) is 61.4 Å². The van der Waals surface area contributed by atoms with Crippen LogP contribution in [0.4, 0.5) is 8.78 Å². The van der Waals surface area contributed by atoms with Gasteiger partial charge in [-0.05, 0) is 61.7 Å². The molecule has 200 valence electrons. The minimum Gasteiger partial charge on any atom is -0.491 e. The van der Waals surface area contributed by atoms with Crippen LogP contribution in [-0.2, 0) is 25.5 Å². The van der Waals surface area contributed by atoms with Gasteiger partial charge < -0.3 is 14.8 Å². The lowest BCUT2D eigenvalue weighted by Gasteiger charge is -2.42. The molecule has 0 aliphatic carbocycles. The van der Waals surface area contributed by atoms with Gasteiger partial charge in [0.05, 0.1) is 18.2 Å². The number of aromatic amines is 1. The lowest BCUT2D eigenvalue weighted by molar-refractivity contribution is -0.142. The summed E-state index contributed by atoms with van der Waals surface area (Å²) in [6, 6.07) is 6.32. The van der Waals surface area contributed by atoms with Gasteiger partial charge in [-0.3, -0.25) is 13.9 Å². The molecule has 2 aromatic carbocycles. The molecule has 8 nitrogen and oxygen atoms in total. The second kappa shape index (κ2) is 10.4. The standard InChI is InChI=1S/C26H30F2N2O6S/c1-14(26(31)32)13-30-15(2)11-19-18-12-17(27)5-7-21(18)29-24(19)25(30)23-16(3)22(8-6-20(23)28)35-9-10-36-37(4,33)34/h5-8,12,14-15,25,29H,9-11,13H2,1-4H3,(H,31,32)/t14-,15-,25-/m1/s1. The number of carboxylic acids is 1. The number of carbonyl (C=O) groups is 1. The molecule has 0 fully saturated rings. The van der Waals surface area contributed by atoms with Crippen LogP contribution in [0.3, 0.4) is 0 Å². The van der Waals surface area contributed by atoms with Crippen LogP contribution in [0.2, 0.25) is 0 Å². The Labute approximate surface area is 214 Å². The van der Waals surface area contributed by atoms with Crippen LogP contribution in [0.1, 0.15) is 42.3 Å². The number of benzene rings is 2. The van der Waals surface area contributed by atoms with Crippen molar-refractivity contribution in [3.05, 3.63) is 64.4 Å². The fraction of sp³-hybridized carbons (Fsp3) is 0.423. The van der Waals surface area contributed by atoms with E-state index >= 15 is 4.39 Å². The SMILES string of the molecule is Cc1c(OCCOS(C)(=O)=O)ccc(F)c1[C@@H]1c2[nH]c3ccc(F)cc3c2C[C@@H](C)N1C[C@@H](C)C(=O)O. The molecule has 0 spiro atoms. The number of hydrogen-bond acceptors (Lipinski definition) is 6. The Hall–Kier alpha value is -3.02. The van der Waals surface area contributed by atoms with Gasteiger partial charge in [-0.15, -0.1) is 0 Å². The molecule has 0 amide bonds. The lowest BCUT2D eigenvalue weighted by atomic mass is 9.85. The zero-order valence-corrected chi connectivity index (χ0v) is 21.9. The number of fused-ring (bicyclic) bond motifs is 3. The first-order valence-electron chi connectivity index (χ1n) is 11.9. The maximum atomic E-state index is 15.6. The fourth-order valence-corrected chi connectivity index (χ4v) is 5.39. The lowest BCUT2D eigenvalue weighted by Crippen LogP contribution is -2.46. The molecule has 0 saturated heterocycles. The van der Waals surface area contributed by atoms with Crippen LogP contribution in [0.25, 0.3) is 10.9 Å². The summed E-state index contributed by atoms with van der Waals surface area (Å²) >= 11 is 0. The van der Waals surface area contributed by atoms with E-state index in [1.54, 1.807) is 19.9 Å². The van der Waals surface area contributed by atoms with Gasteiger partial charge in [-0.2, -0.15) is 8.42 Å². The third kappa shape index (κ3) is 5.63. The predicted octanol–water partition coefficient (Wildman–Crippen LogP) is 4.17. The van der Waals surface area contributed by atoms with E-state index in [4.69, 9.17) is 8.92 Å². The summed E-state index contributed by atoms with van der Waals surface area (Å²) < 4.78 is 62.6. The van der Waals surface area contributed by atoms with Crippen molar-refractivity contribution in [2.24, 2.45) is 5.92 Å². The Kier molecular flexibility index (Phi) is 7.59. The van der Waals surface area contributed by atoms with E-state index in [1.165, 1.54) is 24.3 Å². The zero-order chi connectivity index (χ0) is 27.1. The molecule has 3 aromatic rings. The van der Waals surface area contributed by atoms with Crippen LogP contribution in [0, 0.1) is 24.5 Å². The minimum absolute atomic E-state index is 0.0727. The number of ether oxygens (including phenoxy) is 1.